The maximum Gasteiger partial charge on any atom is 0.260 e. The second-order valence-electron chi connectivity index (χ2n) is 9.01. The molecule has 0 amide bonds. The van der Waals surface area contributed by atoms with Crippen LogP contribution in [0.2, 0.25) is 0 Å². The molecule has 2 rings (SSSR count). The van der Waals surface area contributed by atoms with E-state index in [-0.39, 0.29) is 0 Å². The molecule has 0 aliphatic heterocycles. The fourth-order valence-corrected chi connectivity index (χ4v) is 4.37. The van der Waals surface area contributed by atoms with Gasteiger partial charge in [-0.1, -0.05) is 108 Å². The molecule has 0 spiro atoms. The number of aromatic nitrogens is 2. The van der Waals surface area contributed by atoms with Crippen LogP contribution in [0.4, 0.5) is 0 Å². The van der Waals surface area contributed by atoms with Crippen LogP contribution in [0.5, 0.6) is 0 Å². The Hall–Kier alpha value is -1.57. The number of unbranched alkanes of at least 4 members (excludes halogenated alkanes) is 12. The van der Waals surface area contributed by atoms with Crippen molar-refractivity contribution in [3.05, 3.63) is 54.1 Å². The van der Waals surface area contributed by atoms with Crippen molar-refractivity contribution in [3.63, 3.8) is 0 Å². The summed E-state index contributed by atoms with van der Waals surface area (Å²) < 4.78 is 5.04. The largest absolute Gasteiger partial charge is 0.260 e. The van der Waals surface area contributed by atoms with E-state index in [1.165, 1.54) is 108 Å². The van der Waals surface area contributed by atoms with Crippen LogP contribution in [0.25, 0.3) is 0 Å². The SMILES string of the molecule is CCCCCCCCCCCC[n+]1ccn(CCCCCC)c1Cc1ccccc1. The molecule has 2 aromatic rings. The third kappa shape index (κ3) is 9.96. The van der Waals surface area contributed by atoms with Gasteiger partial charge in [-0.05, 0) is 31.2 Å². The Kier molecular flexibility index (Phi) is 13.3. The quantitative estimate of drug-likeness (QED) is 0.174. The van der Waals surface area contributed by atoms with Crippen LogP contribution in [-0.4, -0.2) is 4.57 Å². The molecule has 0 saturated heterocycles. The van der Waals surface area contributed by atoms with Gasteiger partial charge in [0.15, 0.2) is 0 Å². The first-order chi connectivity index (χ1) is 14.8. The highest BCUT2D eigenvalue weighted by molar-refractivity contribution is 5.18. The minimum absolute atomic E-state index is 1.04. The van der Waals surface area contributed by atoms with Gasteiger partial charge in [0, 0.05) is 0 Å². The number of nitrogens with zero attached hydrogens (tertiary/aromatic N) is 2. The number of aryl methyl sites for hydroxylation is 2. The zero-order chi connectivity index (χ0) is 21.3. The van der Waals surface area contributed by atoms with Crippen molar-refractivity contribution in [2.24, 2.45) is 0 Å². The summed E-state index contributed by atoms with van der Waals surface area (Å²) in [4.78, 5) is 0. The molecule has 1 aromatic carbocycles. The predicted molar refractivity (Wildman–Crippen MR) is 130 cm³/mol. The van der Waals surface area contributed by atoms with Crippen LogP contribution in [0.3, 0.4) is 0 Å². The summed E-state index contributed by atoms with van der Waals surface area (Å²) in [5.41, 5.74) is 1.42. The average molecular weight is 412 g/mol. The van der Waals surface area contributed by atoms with Gasteiger partial charge in [-0.3, -0.25) is 0 Å². The summed E-state index contributed by atoms with van der Waals surface area (Å²) in [6, 6.07) is 11.0. The first-order valence-electron chi connectivity index (χ1n) is 13.0. The van der Waals surface area contributed by atoms with Gasteiger partial charge in [0.05, 0.1) is 19.5 Å². The van der Waals surface area contributed by atoms with Crippen LogP contribution >= 0.6 is 0 Å². The second kappa shape index (κ2) is 16.2. The van der Waals surface area contributed by atoms with Crippen molar-refractivity contribution in [1.29, 1.82) is 0 Å². The summed E-state index contributed by atoms with van der Waals surface area (Å²) >= 11 is 0. The molecule has 30 heavy (non-hydrogen) atoms. The van der Waals surface area contributed by atoms with Crippen molar-refractivity contribution in [3.8, 4) is 0 Å². The lowest BCUT2D eigenvalue weighted by Crippen LogP contribution is -2.37. The second-order valence-corrected chi connectivity index (χ2v) is 9.01. The molecule has 0 bridgehead atoms. The summed E-state index contributed by atoms with van der Waals surface area (Å²) in [6.07, 6.45) is 25.0. The summed E-state index contributed by atoms with van der Waals surface area (Å²) in [5, 5.41) is 0. The van der Waals surface area contributed by atoms with Gasteiger partial charge < -0.3 is 0 Å². The van der Waals surface area contributed by atoms with Crippen LogP contribution in [0.1, 0.15) is 115 Å². The van der Waals surface area contributed by atoms with E-state index in [1.54, 1.807) is 0 Å². The average Bonchev–Trinajstić information content (AvgIpc) is 3.14. The van der Waals surface area contributed by atoms with E-state index in [0.717, 1.165) is 13.0 Å². The molecular weight excluding hydrogens is 364 g/mol. The molecule has 0 radical (unpaired) electrons. The van der Waals surface area contributed by atoms with Gasteiger partial charge in [0.1, 0.15) is 12.4 Å². The minimum atomic E-state index is 1.04. The van der Waals surface area contributed by atoms with Gasteiger partial charge in [0.2, 0.25) is 0 Å². The third-order valence-corrected chi connectivity index (χ3v) is 6.30. The first kappa shape index (κ1) is 24.7. The number of rotatable bonds is 18. The predicted octanol–water partition coefficient (Wildman–Crippen LogP) is 7.87. The number of hydrogen-bond acceptors (Lipinski definition) is 0. The molecule has 1 aromatic heterocycles. The van der Waals surface area contributed by atoms with Crippen molar-refractivity contribution in [2.75, 3.05) is 0 Å². The van der Waals surface area contributed by atoms with E-state index < -0.39 is 0 Å². The molecule has 0 aliphatic rings. The Morgan fingerprint density at radius 2 is 1.23 bits per heavy atom. The molecule has 0 atom stereocenters. The standard InChI is InChI=1S/C28H47N2/c1-3-5-7-9-10-11-12-13-14-19-23-30-25-24-29(22-18-8-6-4-2)28(30)26-27-20-16-15-17-21-27/h15-17,20-21,24-25H,3-14,18-19,22-23,26H2,1-2H3/q+1. The lowest BCUT2D eigenvalue weighted by Gasteiger charge is -2.07. The van der Waals surface area contributed by atoms with Gasteiger partial charge in [-0.15, -0.1) is 0 Å². The summed E-state index contributed by atoms with van der Waals surface area (Å²) in [6.45, 7) is 6.91. The monoisotopic (exact) mass is 411 g/mol. The lowest BCUT2D eigenvalue weighted by atomic mass is 10.1. The van der Waals surface area contributed by atoms with E-state index in [1.807, 2.05) is 0 Å². The molecular formula is C28H47N2+. The molecule has 0 unspecified atom stereocenters. The molecule has 0 aliphatic carbocycles. The molecule has 0 fully saturated rings. The number of imidazole rings is 1. The molecule has 1 heterocycles. The van der Waals surface area contributed by atoms with Gasteiger partial charge >= 0.3 is 0 Å². The Labute approximate surface area is 186 Å². The summed E-state index contributed by atoms with van der Waals surface area (Å²) in [7, 11) is 0. The third-order valence-electron chi connectivity index (χ3n) is 6.30. The zero-order valence-electron chi connectivity index (χ0n) is 20.0. The van der Waals surface area contributed by atoms with E-state index in [9.17, 15) is 0 Å². The van der Waals surface area contributed by atoms with Crippen molar-refractivity contribution in [2.45, 2.75) is 123 Å². The fraction of sp³-hybridized carbons (Fsp3) is 0.679. The number of hydrogen-bond donors (Lipinski definition) is 0. The Balaban J connectivity index is 1.77. The van der Waals surface area contributed by atoms with Crippen molar-refractivity contribution in [1.82, 2.24) is 4.57 Å². The van der Waals surface area contributed by atoms with Crippen LogP contribution in [0.15, 0.2) is 42.7 Å². The fourth-order valence-electron chi connectivity index (χ4n) is 4.37. The van der Waals surface area contributed by atoms with Crippen LogP contribution in [0, 0.1) is 0 Å². The zero-order valence-corrected chi connectivity index (χ0v) is 20.0. The lowest BCUT2D eigenvalue weighted by molar-refractivity contribution is -0.703. The molecule has 2 heteroatoms. The van der Waals surface area contributed by atoms with E-state index >= 15 is 0 Å². The van der Waals surface area contributed by atoms with Gasteiger partial charge in [-0.25, -0.2) is 9.13 Å². The highest BCUT2D eigenvalue weighted by atomic mass is 15.1. The Morgan fingerprint density at radius 3 is 1.87 bits per heavy atom. The Bertz CT molecular complexity index is 644. The minimum Gasteiger partial charge on any atom is -0.234 e. The van der Waals surface area contributed by atoms with Gasteiger partial charge in [-0.2, -0.15) is 0 Å². The van der Waals surface area contributed by atoms with Crippen LogP contribution in [-0.2, 0) is 19.5 Å². The Morgan fingerprint density at radius 1 is 0.667 bits per heavy atom. The van der Waals surface area contributed by atoms with E-state index in [0.29, 0.717) is 0 Å². The first-order valence-corrected chi connectivity index (χ1v) is 13.0. The maximum absolute atomic E-state index is 2.53. The smallest absolute Gasteiger partial charge is 0.234 e. The van der Waals surface area contributed by atoms with E-state index in [4.69, 9.17) is 0 Å². The molecule has 2 nitrogen and oxygen atoms in total. The summed E-state index contributed by atoms with van der Waals surface area (Å²) in [5.74, 6) is 1.48. The van der Waals surface area contributed by atoms with Crippen molar-refractivity contribution < 1.29 is 4.57 Å². The molecule has 168 valence electrons. The molecule has 0 N–H and O–H groups in total. The van der Waals surface area contributed by atoms with Crippen LogP contribution < -0.4 is 4.57 Å². The van der Waals surface area contributed by atoms with Gasteiger partial charge in [0.25, 0.3) is 5.82 Å². The topological polar surface area (TPSA) is 8.81 Å². The normalized spacial score (nSPS) is 11.3. The number of benzene rings is 1. The van der Waals surface area contributed by atoms with Crippen molar-refractivity contribution >= 4 is 0 Å². The highest BCUT2D eigenvalue weighted by Gasteiger charge is 2.17. The maximum atomic E-state index is 2.53. The highest BCUT2D eigenvalue weighted by Crippen LogP contribution is 2.12. The van der Waals surface area contributed by atoms with E-state index in [2.05, 4.69) is 65.7 Å². The molecule has 0 saturated carbocycles.